The molecule has 72 valence electrons. The number of hydrogen-bond donors (Lipinski definition) is 0. The zero-order chi connectivity index (χ0) is 10.7. The summed E-state index contributed by atoms with van der Waals surface area (Å²) in [6.07, 6.45) is 0.0774. The maximum Gasteiger partial charge on any atom is 0.286 e. The van der Waals surface area contributed by atoms with Gasteiger partial charge in [0.1, 0.15) is 0 Å². The lowest BCUT2D eigenvalue weighted by atomic mass is 10.1. The van der Waals surface area contributed by atoms with E-state index in [4.69, 9.17) is 5.26 Å². The first-order valence-corrected chi connectivity index (χ1v) is 4.94. The van der Waals surface area contributed by atoms with Crippen molar-refractivity contribution in [2.75, 3.05) is 0 Å². The maximum absolute atomic E-state index is 10.7. The number of nitro benzene ring substituents is 1. The molecule has 0 spiro atoms. The Morgan fingerprint density at radius 1 is 1.64 bits per heavy atom. The van der Waals surface area contributed by atoms with Crippen LogP contribution in [0.15, 0.2) is 12.1 Å². The van der Waals surface area contributed by atoms with E-state index in [0.717, 1.165) is 5.56 Å². The van der Waals surface area contributed by atoms with Crippen LogP contribution in [0, 0.1) is 31.9 Å². The number of halogens is 1. The fourth-order valence-electron chi connectivity index (χ4n) is 1.23. The normalized spacial score (nSPS) is 9.50. The second kappa shape index (κ2) is 4.37. The molecule has 4 nitrogen and oxygen atoms in total. The fraction of sp³-hybridized carbons (Fsp3) is 0.222. The van der Waals surface area contributed by atoms with E-state index in [9.17, 15) is 10.1 Å². The van der Waals surface area contributed by atoms with Crippen molar-refractivity contribution >= 4 is 28.3 Å². The Hall–Kier alpha value is -1.16. The zero-order valence-electron chi connectivity index (χ0n) is 7.45. The summed E-state index contributed by atoms with van der Waals surface area (Å²) in [5.41, 5.74) is 1.48. The molecule has 1 rings (SSSR count). The summed E-state index contributed by atoms with van der Waals surface area (Å²) in [6.45, 7) is 1.85. The van der Waals surface area contributed by atoms with Gasteiger partial charge in [0.2, 0.25) is 0 Å². The van der Waals surface area contributed by atoms with Gasteiger partial charge in [0.05, 0.1) is 21.0 Å². The molecule has 0 aliphatic rings. The minimum Gasteiger partial charge on any atom is -0.258 e. The highest BCUT2D eigenvalue weighted by atomic mass is 127. The molecule has 0 saturated heterocycles. The van der Waals surface area contributed by atoms with Crippen molar-refractivity contribution in [1.82, 2.24) is 0 Å². The van der Waals surface area contributed by atoms with Crippen molar-refractivity contribution in [1.29, 1.82) is 5.26 Å². The van der Waals surface area contributed by atoms with Crippen molar-refractivity contribution in [3.8, 4) is 6.07 Å². The summed E-state index contributed by atoms with van der Waals surface area (Å²) >= 11 is 1.92. The van der Waals surface area contributed by atoms with E-state index in [1.165, 1.54) is 0 Å². The van der Waals surface area contributed by atoms with E-state index in [2.05, 4.69) is 0 Å². The quantitative estimate of drug-likeness (QED) is 0.479. The van der Waals surface area contributed by atoms with Crippen molar-refractivity contribution < 1.29 is 4.92 Å². The SMILES string of the molecule is Cc1cc(I)c([N+](=O)[O-])c(CC#N)c1. The second-order valence-corrected chi connectivity index (χ2v) is 4.01. The Balaban J connectivity index is 3.38. The van der Waals surface area contributed by atoms with E-state index in [-0.39, 0.29) is 12.1 Å². The van der Waals surface area contributed by atoms with Crippen molar-refractivity contribution in [2.24, 2.45) is 0 Å². The van der Waals surface area contributed by atoms with Crippen LogP contribution in [0.5, 0.6) is 0 Å². The molecule has 0 amide bonds. The summed E-state index contributed by atoms with van der Waals surface area (Å²) in [6, 6.07) is 5.35. The van der Waals surface area contributed by atoms with Crippen LogP contribution in [0.2, 0.25) is 0 Å². The molecule has 0 aliphatic carbocycles. The molecule has 0 N–H and O–H groups in total. The minimum atomic E-state index is -0.437. The Morgan fingerprint density at radius 3 is 2.79 bits per heavy atom. The molecule has 5 heteroatoms. The number of benzene rings is 1. The van der Waals surface area contributed by atoms with Gasteiger partial charge in [-0.3, -0.25) is 10.1 Å². The van der Waals surface area contributed by atoms with Crippen LogP contribution in [-0.2, 0) is 6.42 Å². The van der Waals surface area contributed by atoms with Gasteiger partial charge in [-0.2, -0.15) is 5.26 Å². The average molecular weight is 302 g/mol. The highest BCUT2D eigenvalue weighted by molar-refractivity contribution is 14.1. The lowest BCUT2D eigenvalue weighted by molar-refractivity contribution is -0.386. The van der Waals surface area contributed by atoms with Crippen molar-refractivity contribution in [3.05, 3.63) is 36.9 Å². The maximum atomic E-state index is 10.7. The van der Waals surface area contributed by atoms with Crippen molar-refractivity contribution in [3.63, 3.8) is 0 Å². The molecular formula is C9H7IN2O2. The molecule has 0 atom stereocenters. The van der Waals surface area contributed by atoms with E-state index < -0.39 is 4.92 Å². The lowest BCUT2D eigenvalue weighted by Gasteiger charge is -2.02. The van der Waals surface area contributed by atoms with Crippen LogP contribution in [0.4, 0.5) is 5.69 Å². The highest BCUT2D eigenvalue weighted by Gasteiger charge is 2.18. The van der Waals surface area contributed by atoms with Gasteiger partial charge in [-0.1, -0.05) is 0 Å². The molecule has 0 aliphatic heterocycles. The summed E-state index contributed by atoms with van der Waals surface area (Å²) in [4.78, 5) is 10.3. The number of hydrogen-bond acceptors (Lipinski definition) is 3. The minimum absolute atomic E-state index is 0.0535. The average Bonchev–Trinajstić information content (AvgIpc) is 2.01. The Bertz CT molecular complexity index is 424. The first-order chi connectivity index (χ1) is 6.56. The zero-order valence-corrected chi connectivity index (χ0v) is 9.61. The summed E-state index contributed by atoms with van der Waals surface area (Å²) in [5, 5.41) is 19.3. The summed E-state index contributed by atoms with van der Waals surface area (Å²) < 4.78 is 0.581. The summed E-state index contributed by atoms with van der Waals surface area (Å²) in [5.74, 6) is 0. The predicted molar refractivity (Wildman–Crippen MR) is 59.9 cm³/mol. The van der Waals surface area contributed by atoms with E-state index in [1.807, 2.05) is 35.6 Å². The van der Waals surface area contributed by atoms with Crippen LogP contribution in [0.1, 0.15) is 11.1 Å². The van der Waals surface area contributed by atoms with Gasteiger partial charge in [-0.15, -0.1) is 0 Å². The molecule has 1 aromatic carbocycles. The summed E-state index contributed by atoms with van der Waals surface area (Å²) in [7, 11) is 0. The lowest BCUT2D eigenvalue weighted by Crippen LogP contribution is -1.98. The molecule has 1 aromatic rings. The van der Waals surface area contributed by atoms with Crippen LogP contribution in [-0.4, -0.2) is 4.92 Å². The van der Waals surface area contributed by atoms with Gasteiger partial charge in [0.25, 0.3) is 5.69 Å². The molecule has 0 aromatic heterocycles. The Morgan fingerprint density at radius 2 is 2.29 bits per heavy atom. The topological polar surface area (TPSA) is 66.9 Å². The Labute approximate surface area is 94.8 Å². The number of rotatable bonds is 2. The third kappa shape index (κ3) is 2.20. The predicted octanol–water partition coefficient (Wildman–Crippen LogP) is 2.57. The number of nitrogens with zero attached hydrogens (tertiary/aromatic N) is 2. The highest BCUT2D eigenvalue weighted by Crippen LogP contribution is 2.27. The molecule has 14 heavy (non-hydrogen) atoms. The smallest absolute Gasteiger partial charge is 0.258 e. The first kappa shape index (κ1) is 10.9. The van der Waals surface area contributed by atoms with E-state index in [0.29, 0.717) is 9.13 Å². The standard InChI is InChI=1S/C9H7IN2O2/c1-6-4-7(2-3-11)9(12(13)14)8(10)5-6/h4-5H,2H2,1H3. The molecule has 0 saturated carbocycles. The van der Waals surface area contributed by atoms with E-state index in [1.54, 1.807) is 12.1 Å². The molecule has 0 fully saturated rings. The van der Waals surface area contributed by atoms with Crippen LogP contribution in [0.3, 0.4) is 0 Å². The van der Waals surface area contributed by atoms with Gasteiger partial charge in [0, 0.05) is 5.56 Å². The Kier molecular flexibility index (Phi) is 3.41. The van der Waals surface area contributed by atoms with Gasteiger partial charge in [-0.25, -0.2) is 0 Å². The van der Waals surface area contributed by atoms with Gasteiger partial charge < -0.3 is 0 Å². The molecule has 0 unspecified atom stereocenters. The molecule has 0 heterocycles. The van der Waals surface area contributed by atoms with Crippen LogP contribution < -0.4 is 0 Å². The largest absolute Gasteiger partial charge is 0.286 e. The van der Waals surface area contributed by atoms with Crippen LogP contribution >= 0.6 is 22.6 Å². The van der Waals surface area contributed by atoms with Crippen LogP contribution in [0.25, 0.3) is 0 Å². The van der Waals surface area contributed by atoms with Crippen molar-refractivity contribution in [2.45, 2.75) is 13.3 Å². The van der Waals surface area contributed by atoms with Gasteiger partial charge >= 0.3 is 0 Å². The third-order valence-corrected chi connectivity index (χ3v) is 2.56. The molecular weight excluding hydrogens is 295 g/mol. The molecule has 0 bridgehead atoms. The number of nitro groups is 1. The monoisotopic (exact) mass is 302 g/mol. The van der Waals surface area contributed by atoms with Gasteiger partial charge in [-0.05, 0) is 47.2 Å². The number of aryl methyl sites for hydroxylation is 1. The fourth-order valence-corrected chi connectivity index (χ4v) is 2.27. The van der Waals surface area contributed by atoms with Gasteiger partial charge in [0.15, 0.2) is 0 Å². The molecule has 0 radical (unpaired) electrons. The first-order valence-electron chi connectivity index (χ1n) is 3.86. The van der Waals surface area contributed by atoms with E-state index >= 15 is 0 Å². The number of nitriles is 1. The second-order valence-electron chi connectivity index (χ2n) is 2.85. The third-order valence-electron chi connectivity index (χ3n) is 1.74.